The standard InChI is InChI=1S/C17H15NO4/c1-17(11-10-13-4-2-3-5-16(13)22-17)12-21-15-8-6-14(7-9-15)18(19)20/h2-11H,12H2,1H3. The molecule has 0 saturated heterocycles. The minimum absolute atomic E-state index is 0.0429. The van der Waals surface area contributed by atoms with Gasteiger partial charge in [0.25, 0.3) is 5.69 Å². The number of para-hydroxylation sites is 1. The first-order valence-corrected chi connectivity index (χ1v) is 6.90. The fourth-order valence-electron chi connectivity index (χ4n) is 2.23. The SMILES string of the molecule is CC1(COc2ccc([N+](=O)[O-])cc2)C=Cc2ccccc2O1. The number of hydrogen-bond acceptors (Lipinski definition) is 4. The summed E-state index contributed by atoms with van der Waals surface area (Å²) in [5.74, 6) is 1.39. The Labute approximate surface area is 127 Å². The van der Waals surface area contributed by atoms with Crippen molar-refractivity contribution in [2.24, 2.45) is 0 Å². The zero-order valence-electron chi connectivity index (χ0n) is 12.1. The normalized spacial score (nSPS) is 19.1. The Hall–Kier alpha value is -2.82. The van der Waals surface area contributed by atoms with Crippen LogP contribution in [0.4, 0.5) is 5.69 Å². The molecule has 1 aliphatic heterocycles. The molecule has 3 rings (SSSR count). The van der Waals surface area contributed by atoms with E-state index in [4.69, 9.17) is 9.47 Å². The minimum Gasteiger partial charge on any atom is -0.489 e. The van der Waals surface area contributed by atoms with Crippen molar-refractivity contribution < 1.29 is 14.4 Å². The molecule has 0 spiro atoms. The number of rotatable bonds is 4. The van der Waals surface area contributed by atoms with Gasteiger partial charge in [-0.25, -0.2) is 0 Å². The number of benzene rings is 2. The Morgan fingerprint density at radius 2 is 1.91 bits per heavy atom. The maximum atomic E-state index is 10.6. The van der Waals surface area contributed by atoms with Crippen LogP contribution in [0.25, 0.3) is 6.08 Å². The van der Waals surface area contributed by atoms with Gasteiger partial charge < -0.3 is 9.47 Å². The molecule has 5 nitrogen and oxygen atoms in total. The van der Waals surface area contributed by atoms with Gasteiger partial charge in [-0.2, -0.15) is 0 Å². The van der Waals surface area contributed by atoms with Gasteiger partial charge in [0, 0.05) is 17.7 Å². The highest BCUT2D eigenvalue weighted by Gasteiger charge is 2.28. The number of hydrogen-bond donors (Lipinski definition) is 0. The van der Waals surface area contributed by atoms with Crippen molar-refractivity contribution >= 4 is 11.8 Å². The van der Waals surface area contributed by atoms with E-state index < -0.39 is 10.5 Å². The van der Waals surface area contributed by atoms with Gasteiger partial charge in [0.05, 0.1) is 4.92 Å². The predicted octanol–water partition coefficient (Wildman–Crippen LogP) is 3.84. The van der Waals surface area contributed by atoms with Crippen molar-refractivity contribution in [3.63, 3.8) is 0 Å². The molecule has 0 fully saturated rings. The molecular formula is C17H15NO4. The molecule has 0 N–H and O–H groups in total. The average Bonchev–Trinajstić information content (AvgIpc) is 2.53. The molecule has 112 valence electrons. The average molecular weight is 297 g/mol. The van der Waals surface area contributed by atoms with E-state index in [1.54, 1.807) is 12.1 Å². The summed E-state index contributed by atoms with van der Waals surface area (Å²) in [7, 11) is 0. The number of fused-ring (bicyclic) bond motifs is 1. The zero-order chi connectivity index (χ0) is 15.6. The number of nitrogens with zero attached hydrogens (tertiary/aromatic N) is 1. The van der Waals surface area contributed by atoms with Crippen LogP contribution in [-0.2, 0) is 0 Å². The van der Waals surface area contributed by atoms with Crippen molar-refractivity contribution in [2.45, 2.75) is 12.5 Å². The van der Waals surface area contributed by atoms with E-state index in [9.17, 15) is 10.1 Å². The van der Waals surface area contributed by atoms with Gasteiger partial charge in [0.15, 0.2) is 5.60 Å². The first kappa shape index (κ1) is 14.1. The second-order valence-corrected chi connectivity index (χ2v) is 5.33. The Morgan fingerprint density at radius 3 is 2.64 bits per heavy atom. The van der Waals surface area contributed by atoms with Crippen LogP contribution in [0.5, 0.6) is 11.5 Å². The molecule has 1 unspecified atom stereocenters. The van der Waals surface area contributed by atoms with Crippen LogP contribution in [0, 0.1) is 10.1 Å². The molecular weight excluding hydrogens is 282 g/mol. The molecule has 22 heavy (non-hydrogen) atoms. The third-order valence-electron chi connectivity index (χ3n) is 3.45. The van der Waals surface area contributed by atoms with Gasteiger partial charge in [0.1, 0.15) is 18.1 Å². The minimum atomic E-state index is -0.573. The molecule has 0 saturated carbocycles. The van der Waals surface area contributed by atoms with Crippen molar-refractivity contribution in [2.75, 3.05) is 6.61 Å². The molecule has 0 bridgehead atoms. The van der Waals surface area contributed by atoms with Crippen LogP contribution in [0.15, 0.2) is 54.6 Å². The van der Waals surface area contributed by atoms with E-state index >= 15 is 0 Å². The molecule has 0 aromatic heterocycles. The van der Waals surface area contributed by atoms with E-state index in [-0.39, 0.29) is 5.69 Å². The molecule has 5 heteroatoms. The van der Waals surface area contributed by atoms with Crippen LogP contribution >= 0.6 is 0 Å². The summed E-state index contributed by atoms with van der Waals surface area (Å²) in [5, 5.41) is 10.6. The van der Waals surface area contributed by atoms with Crippen LogP contribution < -0.4 is 9.47 Å². The summed E-state index contributed by atoms with van der Waals surface area (Å²) in [4.78, 5) is 10.2. The third-order valence-corrected chi connectivity index (χ3v) is 3.45. The third kappa shape index (κ3) is 2.93. The van der Waals surface area contributed by atoms with Crippen molar-refractivity contribution in [1.82, 2.24) is 0 Å². The smallest absolute Gasteiger partial charge is 0.269 e. The highest BCUT2D eigenvalue weighted by atomic mass is 16.6. The maximum Gasteiger partial charge on any atom is 0.269 e. The van der Waals surface area contributed by atoms with Crippen LogP contribution in [0.2, 0.25) is 0 Å². The molecule has 0 radical (unpaired) electrons. The summed E-state index contributed by atoms with van der Waals surface area (Å²) in [5.41, 5.74) is 0.507. The lowest BCUT2D eigenvalue weighted by molar-refractivity contribution is -0.384. The summed E-state index contributed by atoms with van der Waals surface area (Å²) in [6.45, 7) is 2.25. The van der Waals surface area contributed by atoms with Crippen LogP contribution in [0.3, 0.4) is 0 Å². The van der Waals surface area contributed by atoms with E-state index in [0.29, 0.717) is 12.4 Å². The van der Waals surface area contributed by atoms with Crippen molar-refractivity contribution in [3.05, 3.63) is 70.3 Å². The molecule has 1 heterocycles. The highest BCUT2D eigenvalue weighted by molar-refractivity contribution is 5.60. The van der Waals surface area contributed by atoms with E-state index in [0.717, 1.165) is 11.3 Å². The largest absolute Gasteiger partial charge is 0.489 e. The van der Waals surface area contributed by atoms with E-state index in [1.165, 1.54) is 12.1 Å². The number of nitro groups is 1. The second kappa shape index (κ2) is 5.52. The summed E-state index contributed by atoms with van der Waals surface area (Å²) in [6, 6.07) is 13.8. The summed E-state index contributed by atoms with van der Waals surface area (Å²) in [6.07, 6.45) is 3.97. The number of ether oxygens (including phenoxy) is 2. The van der Waals surface area contributed by atoms with Gasteiger partial charge in [-0.15, -0.1) is 0 Å². The molecule has 1 aliphatic rings. The Bertz CT molecular complexity index is 724. The van der Waals surface area contributed by atoms with Gasteiger partial charge in [-0.1, -0.05) is 24.3 Å². The first-order chi connectivity index (χ1) is 10.6. The number of non-ortho nitro benzene ring substituents is 1. The lowest BCUT2D eigenvalue weighted by atomic mass is 10.0. The van der Waals surface area contributed by atoms with Gasteiger partial charge in [0.2, 0.25) is 0 Å². The monoisotopic (exact) mass is 297 g/mol. The van der Waals surface area contributed by atoms with Crippen LogP contribution in [0.1, 0.15) is 12.5 Å². The van der Waals surface area contributed by atoms with Gasteiger partial charge in [-0.3, -0.25) is 10.1 Å². The fourth-order valence-corrected chi connectivity index (χ4v) is 2.23. The van der Waals surface area contributed by atoms with Crippen molar-refractivity contribution in [3.8, 4) is 11.5 Å². The second-order valence-electron chi connectivity index (χ2n) is 5.33. The van der Waals surface area contributed by atoms with E-state index in [2.05, 4.69) is 0 Å². The fraction of sp³-hybridized carbons (Fsp3) is 0.176. The molecule has 2 aromatic rings. The van der Waals surface area contributed by atoms with E-state index in [1.807, 2.05) is 43.3 Å². The molecule has 1 atom stereocenters. The predicted molar refractivity (Wildman–Crippen MR) is 83.1 cm³/mol. The van der Waals surface area contributed by atoms with Gasteiger partial charge in [-0.05, 0) is 31.2 Å². The lowest BCUT2D eigenvalue weighted by Gasteiger charge is -2.31. The maximum absolute atomic E-state index is 10.6. The molecule has 2 aromatic carbocycles. The van der Waals surface area contributed by atoms with Crippen LogP contribution in [-0.4, -0.2) is 17.1 Å². The highest BCUT2D eigenvalue weighted by Crippen LogP contribution is 2.31. The topological polar surface area (TPSA) is 61.6 Å². The lowest BCUT2D eigenvalue weighted by Crippen LogP contribution is -2.38. The van der Waals surface area contributed by atoms with Crippen molar-refractivity contribution in [1.29, 1.82) is 0 Å². The Morgan fingerprint density at radius 1 is 1.18 bits per heavy atom. The molecule has 0 aliphatic carbocycles. The Kier molecular flexibility index (Phi) is 3.55. The number of nitro benzene ring substituents is 1. The Balaban J connectivity index is 1.68. The summed E-state index contributed by atoms with van der Waals surface area (Å²) < 4.78 is 11.7. The summed E-state index contributed by atoms with van der Waals surface area (Å²) >= 11 is 0. The van der Waals surface area contributed by atoms with Gasteiger partial charge >= 0.3 is 0 Å². The first-order valence-electron chi connectivity index (χ1n) is 6.90. The molecule has 0 amide bonds. The zero-order valence-corrected chi connectivity index (χ0v) is 12.1. The quantitative estimate of drug-likeness (QED) is 0.635.